The van der Waals surface area contributed by atoms with Crippen molar-refractivity contribution in [3.05, 3.63) is 0 Å². The van der Waals surface area contributed by atoms with Crippen LogP contribution >= 0.6 is 35.3 Å². The average Bonchev–Trinajstić information content (AvgIpc) is 2.69. The molecule has 0 aliphatic heterocycles. The van der Waals surface area contributed by atoms with E-state index in [1.165, 1.54) is 112 Å². The minimum atomic E-state index is 0. The van der Waals surface area contributed by atoms with Crippen LogP contribution in [0.4, 0.5) is 0 Å². The van der Waals surface area contributed by atoms with E-state index in [9.17, 15) is 0 Å². The van der Waals surface area contributed by atoms with Crippen molar-refractivity contribution in [2.24, 2.45) is 0 Å². The molecule has 0 heterocycles. The summed E-state index contributed by atoms with van der Waals surface area (Å²) in [5, 5.41) is 0. The molecule has 1 radical (unpaired) electrons. The Morgan fingerprint density at radius 3 is 0.571 bits per heavy atom. The van der Waals surface area contributed by atoms with Gasteiger partial charge in [0.2, 0.25) is 0 Å². The summed E-state index contributed by atoms with van der Waals surface area (Å²) in [6.45, 7) is 13.5. The normalized spacial score (nSPS) is 9.64. The SMILES string of the molecule is CCCCSCCCC.CCCCSCCCC.CCCCSCCCC.[Rh]. The first-order valence-corrected chi connectivity index (χ1v) is 15.4. The van der Waals surface area contributed by atoms with Crippen molar-refractivity contribution in [1.82, 2.24) is 0 Å². The molecule has 0 nitrogen and oxygen atoms in total. The number of thioether (sulfide) groups is 3. The smallest absolute Gasteiger partial charge is 0 e. The second kappa shape index (κ2) is 42.7. The Balaban J connectivity index is -0.000000152. The fourth-order valence-electron chi connectivity index (χ4n) is 1.78. The van der Waals surface area contributed by atoms with Gasteiger partial charge in [-0.2, -0.15) is 35.3 Å². The molecule has 0 aromatic rings. The van der Waals surface area contributed by atoms with Crippen molar-refractivity contribution in [1.29, 1.82) is 0 Å². The molecule has 0 aliphatic rings. The Bertz CT molecular complexity index is 153. The number of rotatable bonds is 18. The fourth-order valence-corrected chi connectivity index (χ4v) is 5.35. The fraction of sp³-hybridized carbons (Fsp3) is 1.00. The van der Waals surface area contributed by atoms with Gasteiger partial charge in [-0.3, -0.25) is 0 Å². The zero-order valence-corrected chi connectivity index (χ0v) is 24.4. The van der Waals surface area contributed by atoms with Crippen molar-refractivity contribution in [2.75, 3.05) is 34.5 Å². The molecule has 0 aromatic heterocycles. The predicted molar refractivity (Wildman–Crippen MR) is 141 cm³/mol. The quantitative estimate of drug-likeness (QED) is 0.125. The molecule has 0 saturated carbocycles. The van der Waals surface area contributed by atoms with E-state index in [1.807, 2.05) is 0 Å². The second-order valence-corrected chi connectivity index (χ2v) is 10.6. The standard InChI is InChI=1S/3C8H18S.Rh/c3*1-3-5-7-9-8-6-4-2;/h3*3-8H2,1-2H3;. The molecule has 0 unspecified atom stereocenters. The van der Waals surface area contributed by atoms with E-state index in [0.29, 0.717) is 0 Å². The van der Waals surface area contributed by atoms with Crippen LogP contribution in [-0.2, 0) is 19.5 Å². The van der Waals surface area contributed by atoms with Crippen LogP contribution in [-0.4, -0.2) is 34.5 Å². The maximum atomic E-state index is 2.25. The van der Waals surface area contributed by atoms with Crippen LogP contribution < -0.4 is 0 Å². The maximum absolute atomic E-state index is 2.25. The van der Waals surface area contributed by atoms with Crippen LogP contribution in [0.5, 0.6) is 0 Å². The van der Waals surface area contributed by atoms with Crippen LogP contribution in [0.15, 0.2) is 0 Å². The van der Waals surface area contributed by atoms with Gasteiger partial charge < -0.3 is 0 Å². The number of unbranched alkanes of at least 4 members (excludes halogenated alkanes) is 6. The van der Waals surface area contributed by atoms with Gasteiger partial charge >= 0.3 is 0 Å². The molecule has 0 rings (SSSR count). The molecule has 0 N–H and O–H groups in total. The summed E-state index contributed by atoms with van der Waals surface area (Å²) in [4.78, 5) is 0. The average molecular weight is 542 g/mol. The first-order chi connectivity index (χ1) is 13.2. The van der Waals surface area contributed by atoms with Crippen LogP contribution in [0, 0.1) is 0 Å². The zero-order chi connectivity index (χ0) is 20.8. The summed E-state index contributed by atoms with van der Waals surface area (Å²) in [6, 6.07) is 0. The summed E-state index contributed by atoms with van der Waals surface area (Å²) >= 11 is 6.31. The van der Waals surface area contributed by atoms with Gasteiger partial charge in [0, 0.05) is 19.5 Å². The van der Waals surface area contributed by atoms with Crippen LogP contribution in [0.3, 0.4) is 0 Å². The number of hydrogen-bond donors (Lipinski definition) is 0. The summed E-state index contributed by atoms with van der Waals surface area (Å²) < 4.78 is 0. The third kappa shape index (κ3) is 50.9. The number of hydrogen-bond acceptors (Lipinski definition) is 3. The molecule has 177 valence electrons. The van der Waals surface area contributed by atoms with Gasteiger partial charge in [0.05, 0.1) is 0 Å². The van der Waals surface area contributed by atoms with Crippen molar-refractivity contribution in [2.45, 2.75) is 119 Å². The molecule has 4 heteroatoms. The van der Waals surface area contributed by atoms with E-state index in [2.05, 4.69) is 76.8 Å². The van der Waals surface area contributed by atoms with Crippen LogP contribution in [0.2, 0.25) is 0 Å². The van der Waals surface area contributed by atoms with Gasteiger partial charge in [0.25, 0.3) is 0 Å². The van der Waals surface area contributed by atoms with Crippen molar-refractivity contribution < 1.29 is 19.5 Å². The maximum Gasteiger partial charge on any atom is 0 e. The Hall–Kier alpha value is 1.67. The molecule has 0 bridgehead atoms. The second-order valence-electron chi connectivity index (χ2n) is 6.96. The molecule has 0 amide bonds. The van der Waals surface area contributed by atoms with Crippen molar-refractivity contribution in [3.63, 3.8) is 0 Å². The molecule has 0 fully saturated rings. The third-order valence-corrected chi connectivity index (χ3v) is 7.32. The Labute approximate surface area is 206 Å². The van der Waals surface area contributed by atoms with Gasteiger partial charge in [-0.15, -0.1) is 0 Å². The molecular weight excluding hydrogens is 487 g/mol. The minimum absolute atomic E-state index is 0. The first-order valence-electron chi connectivity index (χ1n) is 12.0. The van der Waals surface area contributed by atoms with Gasteiger partial charge in [-0.05, 0) is 73.0 Å². The summed E-state index contributed by atoms with van der Waals surface area (Å²) in [5.74, 6) is 8.23. The Kier molecular flexibility index (Phi) is 56.5. The zero-order valence-electron chi connectivity index (χ0n) is 20.3. The summed E-state index contributed by atoms with van der Waals surface area (Å²) in [5.41, 5.74) is 0. The molecular formula is C24H54RhS3. The Morgan fingerprint density at radius 1 is 0.321 bits per heavy atom. The Morgan fingerprint density at radius 2 is 0.464 bits per heavy atom. The van der Waals surface area contributed by atoms with Crippen molar-refractivity contribution in [3.8, 4) is 0 Å². The van der Waals surface area contributed by atoms with Gasteiger partial charge in [-0.1, -0.05) is 80.1 Å². The van der Waals surface area contributed by atoms with Crippen LogP contribution in [0.1, 0.15) is 119 Å². The molecule has 0 aromatic carbocycles. The van der Waals surface area contributed by atoms with Gasteiger partial charge in [0.1, 0.15) is 0 Å². The molecule has 0 aliphatic carbocycles. The predicted octanol–water partition coefficient (Wildman–Crippen LogP) is 9.96. The molecule has 0 atom stereocenters. The minimum Gasteiger partial charge on any atom is -0.162 e. The van der Waals surface area contributed by atoms with E-state index >= 15 is 0 Å². The monoisotopic (exact) mass is 541 g/mol. The van der Waals surface area contributed by atoms with E-state index in [4.69, 9.17) is 0 Å². The van der Waals surface area contributed by atoms with Crippen LogP contribution in [0.25, 0.3) is 0 Å². The van der Waals surface area contributed by atoms with E-state index in [-0.39, 0.29) is 19.5 Å². The van der Waals surface area contributed by atoms with E-state index in [1.54, 1.807) is 0 Å². The van der Waals surface area contributed by atoms with E-state index < -0.39 is 0 Å². The largest absolute Gasteiger partial charge is 0.162 e. The summed E-state index contributed by atoms with van der Waals surface area (Å²) in [7, 11) is 0. The summed E-state index contributed by atoms with van der Waals surface area (Å²) in [6.07, 6.45) is 16.5. The van der Waals surface area contributed by atoms with Crippen molar-refractivity contribution >= 4 is 35.3 Å². The molecule has 0 spiro atoms. The topological polar surface area (TPSA) is 0 Å². The molecule has 0 saturated heterocycles. The van der Waals surface area contributed by atoms with Gasteiger partial charge in [0.15, 0.2) is 0 Å². The first kappa shape index (κ1) is 37.0. The third-order valence-electron chi connectivity index (χ3n) is 3.85. The van der Waals surface area contributed by atoms with Gasteiger partial charge in [-0.25, -0.2) is 0 Å². The van der Waals surface area contributed by atoms with E-state index in [0.717, 1.165) is 0 Å². The molecule has 28 heavy (non-hydrogen) atoms.